The Morgan fingerprint density at radius 1 is 1.18 bits per heavy atom. The van der Waals surface area contributed by atoms with Gasteiger partial charge in [-0.25, -0.2) is 0 Å². The Labute approximate surface area is 202 Å². The van der Waals surface area contributed by atoms with Gasteiger partial charge < -0.3 is 34.1 Å². The molecule has 8 nitrogen and oxygen atoms in total. The number of nitrogens with zero attached hydrogens (tertiary/aromatic N) is 1. The van der Waals surface area contributed by atoms with Crippen LogP contribution in [0.5, 0.6) is 17.2 Å². The number of aromatic nitrogens is 1. The minimum absolute atomic E-state index is 0.0644. The van der Waals surface area contributed by atoms with Crippen LogP contribution in [0.4, 0.5) is 5.69 Å². The van der Waals surface area contributed by atoms with Crippen LogP contribution in [-0.4, -0.2) is 54.6 Å². The lowest BCUT2D eigenvalue weighted by molar-refractivity contribution is 0.0904. The average molecular weight is 482 g/mol. The quantitative estimate of drug-likeness (QED) is 0.516. The maximum absolute atomic E-state index is 13.0. The largest absolute Gasteiger partial charge is 0.495 e. The zero-order valence-electron chi connectivity index (χ0n) is 19.0. The minimum atomic E-state index is -0.165. The van der Waals surface area contributed by atoms with Crippen molar-refractivity contribution < 1.29 is 18.9 Å². The van der Waals surface area contributed by atoms with Crippen molar-refractivity contribution in [2.24, 2.45) is 0 Å². The first-order chi connectivity index (χ1) is 16.6. The second-order valence-electron chi connectivity index (χ2n) is 8.35. The van der Waals surface area contributed by atoms with E-state index in [0.717, 1.165) is 30.5 Å². The SMILES string of the molecule is COc1ccccc1NC(=S)N(Cc1cc2cc3c(cc2[nH]c1=O)OCCO3)C[C@@H]1CCCO1. The third-order valence-electron chi connectivity index (χ3n) is 6.03. The number of pyridine rings is 1. The van der Waals surface area contributed by atoms with Crippen LogP contribution in [0.2, 0.25) is 0 Å². The molecule has 0 bridgehead atoms. The molecule has 1 aromatic heterocycles. The molecule has 1 fully saturated rings. The van der Waals surface area contributed by atoms with Crippen molar-refractivity contribution in [1.29, 1.82) is 0 Å². The molecular weight excluding hydrogens is 454 g/mol. The van der Waals surface area contributed by atoms with E-state index >= 15 is 0 Å². The van der Waals surface area contributed by atoms with E-state index in [4.69, 9.17) is 31.2 Å². The summed E-state index contributed by atoms with van der Waals surface area (Å²) in [5.41, 5.74) is 1.91. The summed E-state index contributed by atoms with van der Waals surface area (Å²) >= 11 is 5.77. The fraction of sp³-hybridized carbons (Fsp3) is 0.360. The summed E-state index contributed by atoms with van der Waals surface area (Å²) in [6.45, 7) is 2.66. The molecule has 0 amide bonds. The number of anilines is 1. The fourth-order valence-electron chi connectivity index (χ4n) is 4.31. The Morgan fingerprint density at radius 2 is 1.97 bits per heavy atom. The smallest absolute Gasteiger partial charge is 0.253 e. The lowest BCUT2D eigenvalue weighted by Crippen LogP contribution is -2.40. The first-order valence-electron chi connectivity index (χ1n) is 11.4. The van der Waals surface area contributed by atoms with Crippen molar-refractivity contribution in [3.05, 3.63) is 58.4 Å². The van der Waals surface area contributed by atoms with Crippen LogP contribution in [-0.2, 0) is 11.3 Å². The van der Waals surface area contributed by atoms with Gasteiger partial charge in [0.2, 0.25) is 0 Å². The van der Waals surface area contributed by atoms with E-state index in [0.29, 0.717) is 59.7 Å². The monoisotopic (exact) mass is 481 g/mol. The van der Waals surface area contributed by atoms with Gasteiger partial charge in [-0.2, -0.15) is 0 Å². The molecule has 9 heteroatoms. The van der Waals surface area contributed by atoms with Gasteiger partial charge in [0.05, 0.1) is 31.0 Å². The number of hydrogen-bond donors (Lipinski definition) is 2. The molecule has 1 atom stereocenters. The Kier molecular flexibility index (Phi) is 6.55. The number of hydrogen-bond acceptors (Lipinski definition) is 6. The topological polar surface area (TPSA) is 85.1 Å². The second-order valence-corrected chi connectivity index (χ2v) is 8.74. The lowest BCUT2D eigenvalue weighted by Gasteiger charge is -2.28. The van der Waals surface area contributed by atoms with Crippen LogP contribution in [0.3, 0.4) is 0 Å². The van der Waals surface area contributed by atoms with Gasteiger partial charge in [0, 0.05) is 30.2 Å². The van der Waals surface area contributed by atoms with Gasteiger partial charge in [0.25, 0.3) is 5.56 Å². The van der Waals surface area contributed by atoms with Crippen molar-refractivity contribution >= 4 is 33.9 Å². The van der Waals surface area contributed by atoms with E-state index in [1.165, 1.54) is 0 Å². The van der Waals surface area contributed by atoms with E-state index < -0.39 is 0 Å². The predicted octanol–water partition coefficient (Wildman–Crippen LogP) is 3.69. The second kappa shape index (κ2) is 9.90. The van der Waals surface area contributed by atoms with Crippen LogP contribution in [0.1, 0.15) is 18.4 Å². The number of H-pyrrole nitrogens is 1. The highest BCUT2D eigenvalue weighted by Gasteiger charge is 2.23. The highest BCUT2D eigenvalue weighted by Crippen LogP contribution is 2.33. The Bertz CT molecular complexity index is 1260. The van der Waals surface area contributed by atoms with Crippen LogP contribution in [0.15, 0.2) is 47.3 Å². The highest BCUT2D eigenvalue weighted by molar-refractivity contribution is 7.80. The lowest BCUT2D eigenvalue weighted by atomic mass is 10.1. The number of thiocarbonyl (C=S) groups is 1. The molecule has 0 unspecified atom stereocenters. The summed E-state index contributed by atoms with van der Waals surface area (Å²) in [7, 11) is 1.62. The summed E-state index contributed by atoms with van der Waals surface area (Å²) < 4.78 is 22.7. The van der Waals surface area contributed by atoms with Gasteiger partial charge >= 0.3 is 0 Å². The van der Waals surface area contributed by atoms with Gasteiger partial charge in [-0.1, -0.05) is 12.1 Å². The van der Waals surface area contributed by atoms with Crippen LogP contribution < -0.4 is 25.1 Å². The Hall–Kier alpha value is -3.30. The Balaban J connectivity index is 1.43. The zero-order chi connectivity index (χ0) is 23.5. The number of ether oxygens (including phenoxy) is 4. The van der Waals surface area contributed by atoms with Crippen LogP contribution in [0.25, 0.3) is 10.9 Å². The van der Waals surface area contributed by atoms with Gasteiger partial charge in [0.15, 0.2) is 16.6 Å². The normalized spacial score (nSPS) is 16.9. The molecule has 3 heterocycles. The average Bonchev–Trinajstić information content (AvgIpc) is 3.36. The number of rotatable bonds is 6. The maximum Gasteiger partial charge on any atom is 0.253 e. The minimum Gasteiger partial charge on any atom is -0.495 e. The van der Waals surface area contributed by atoms with Crippen molar-refractivity contribution in [3.63, 3.8) is 0 Å². The third-order valence-corrected chi connectivity index (χ3v) is 6.39. The third kappa shape index (κ3) is 4.80. The molecule has 2 aromatic carbocycles. The fourth-order valence-corrected chi connectivity index (χ4v) is 4.56. The molecule has 5 rings (SSSR count). The van der Waals surface area contributed by atoms with Crippen LogP contribution in [0, 0.1) is 0 Å². The predicted molar refractivity (Wildman–Crippen MR) is 134 cm³/mol. The molecule has 1 saturated heterocycles. The van der Waals surface area contributed by atoms with Crippen molar-refractivity contribution in [3.8, 4) is 17.2 Å². The van der Waals surface area contributed by atoms with E-state index in [9.17, 15) is 4.79 Å². The molecule has 2 aliphatic rings. The number of fused-ring (bicyclic) bond motifs is 2. The molecule has 2 aliphatic heterocycles. The molecule has 34 heavy (non-hydrogen) atoms. The van der Waals surface area contributed by atoms with Gasteiger partial charge in [0.1, 0.15) is 19.0 Å². The van der Waals surface area contributed by atoms with Crippen molar-refractivity contribution in [1.82, 2.24) is 9.88 Å². The molecule has 178 valence electrons. The molecule has 0 radical (unpaired) electrons. The summed E-state index contributed by atoms with van der Waals surface area (Å²) in [5, 5.41) is 4.66. The van der Waals surface area contributed by atoms with E-state index in [1.54, 1.807) is 7.11 Å². The number of aromatic amines is 1. The summed E-state index contributed by atoms with van der Waals surface area (Å²) in [6.07, 6.45) is 2.05. The summed E-state index contributed by atoms with van der Waals surface area (Å²) in [6, 6.07) is 13.2. The van der Waals surface area contributed by atoms with Gasteiger partial charge in [-0.3, -0.25) is 4.79 Å². The van der Waals surface area contributed by atoms with Gasteiger partial charge in [-0.05, 0) is 49.3 Å². The summed E-state index contributed by atoms with van der Waals surface area (Å²) in [4.78, 5) is 17.9. The highest BCUT2D eigenvalue weighted by atomic mass is 32.1. The van der Waals surface area contributed by atoms with E-state index in [-0.39, 0.29) is 11.7 Å². The summed E-state index contributed by atoms with van der Waals surface area (Å²) in [5.74, 6) is 2.02. The van der Waals surface area contributed by atoms with E-state index in [2.05, 4.69) is 10.3 Å². The zero-order valence-corrected chi connectivity index (χ0v) is 19.8. The molecule has 0 saturated carbocycles. The van der Waals surface area contributed by atoms with Crippen LogP contribution >= 0.6 is 12.2 Å². The van der Waals surface area contributed by atoms with E-state index in [1.807, 2.05) is 47.4 Å². The first-order valence-corrected chi connectivity index (χ1v) is 11.8. The van der Waals surface area contributed by atoms with Gasteiger partial charge in [-0.15, -0.1) is 0 Å². The molecule has 0 aliphatic carbocycles. The maximum atomic E-state index is 13.0. The number of benzene rings is 2. The molecule has 2 N–H and O–H groups in total. The molecule has 0 spiro atoms. The van der Waals surface area contributed by atoms with Crippen molar-refractivity contribution in [2.45, 2.75) is 25.5 Å². The molecular formula is C25H27N3O5S. The standard InChI is InChI=1S/C25H27N3O5S/c1-30-21-7-3-2-6-19(21)27-25(34)28(15-18-5-4-8-31-18)14-17-11-16-12-22-23(33-10-9-32-22)13-20(16)26-24(17)29/h2-3,6-7,11-13,18H,4-5,8-10,14-15H2,1H3,(H,26,29)(H,27,34)/t18-/m0/s1. The number of methoxy groups -OCH3 is 1. The Morgan fingerprint density at radius 3 is 2.74 bits per heavy atom. The first kappa shape index (κ1) is 22.5. The number of nitrogens with one attached hydrogen (secondary N) is 2. The number of para-hydroxylation sites is 2. The van der Waals surface area contributed by atoms with Crippen molar-refractivity contribution in [2.75, 3.05) is 38.8 Å². The molecule has 3 aromatic rings.